The molecule has 1 aromatic rings. The van der Waals surface area contributed by atoms with E-state index in [-0.39, 0.29) is 0 Å². The molecule has 0 amide bonds. The van der Waals surface area contributed by atoms with Gasteiger partial charge in [0.05, 0.1) is 0 Å². The minimum absolute atomic E-state index is 0.504. The van der Waals surface area contributed by atoms with Gasteiger partial charge in [-0.2, -0.15) is 0 Å². The van der Waals surface area contributed by atoms with E-state index in [1.54, 1.807) is 11.8 Å². The van der Waals surface area contributed by atoms with Crippen LogP contribution in [0.25, 0.3) is 0 Å². The van der Waals surface area contributed by atoms with Crippen molar-refractivity contribution in [1.29, 1.82) is 0 Å². The molecule has 4 nitrogen and oxygen atoms in total. The van der Waals surface area contributed by atoms with E-state index in [1.807, 2.05) is 19.4 Å². The lowest BCUT2D eigenvalue weighted by molar-refractivity contribution is 0.145. The zero-order valence-corrected chi connectivity index (χ0v) is 12.2. The number of aromatic nitrogens is 2. The summed E-state index contributed by atoms with van der Waals surface area (Å²) in [5, 5.41) is 7.37. The summed E-state index contributed by atoms with van der Waals surface area (Å²) in [7, 11) is 1.88. The van der Waals surface area contributed by atoms with Gasteiger partial charge in [0.1, 0.15) is 11.6 Å². The van der Waals surface area contributed by atoms with Crippen molar-refractivity contribution in [3.05, 3.63) is 6.07 Å². The minimum atomic E-state index is 0.504. The fourth-order valence-corrected chi connectivity index (χ4v) is 2.72. The molecule has 1 fully saturated rings. The fraction of sp³-hybridized carbons (Fsp3) is 0.692. The first kappa shape index (κ1) is 13.5. The highest BCUT2D eigenvalue weighted by atomic mass is 32.2. The van der Waals surface area contributed by atoms with Crippen molar-refractivity contribution < 1.29 is 0 Å². The summed E-state index contributed by atoms with van der Waals surface area (Å²) in [4.78, 5) is 8.87. The summed E-state index contributed by atoms with van der Waals surface area (Å²) in [6.07, 6.45) is 7.31. The summed E-state index contributed by atoms with van der Waals surface area (Å²) < 4.78 is 0. The molecule has 1 heterocycles. The van der Waals surface area contributed by atoms with Gasteiger partial charge in [0.15, 0.2) is 5.16 Å². The molecule has 0 aromatic carbocycles. The second-order valence-electron chi connectivity index (χ2n) is 4.94. The molecule has 0 saturated heterocycles. The summed E-state index contributed by atoms with van der Waals surface area (Å²) in [6.45, 7) is 3.31. The third-order valence-electron chi connectivity index (χ3n) is 3.95. The van der Waals surface area contributed by atoms with E-state index in [2.05, 4.69) is 27.5 Å². The average molecular weight is 266 g/mol. The van der Waals surface area contributed by atoms with Gasteiger partial charge in [-0.05, 0) is 30.9 Å². The van der Waals surface area contributed by atoms with E-state index in [0.717, 1.165) is 23.3 Å². The molecule has 2 N–H and O–H groups in total. The van der Waals surface area contributed by atoms with Crippen LogP contribution in [0.3, 0.4) is 0 Å². The van der Waals surface area contributed by atoms with Crippen LogP contribution < -0.4 is 10.6 Å². The molecule has 0 unspecified atom stereocenters. The molecule has 18 heavy (non-hydrogen) atoms. The van der Waals surface area contributed by atoms with Gasteiger partial charge in [0, 0.05) is 19.7 Å². The Morgan fingerprint density at radius 1 is 1.33 bits per heavy atom. The molecule has 2 rings (SSSR count). The molecular formula is C13H22N4S. The second-order valence-corrected chi connectivity index (χ2v) is 5.71. The van der Waals surface area contributed by atoms with Crippen LogP contribution in [-0.4, -0.2) is 29.8 Å². The van der Waals surface area contributed by atoms with E-state index < -0.39 is 0 Å². The molecule has 1 aliphatic rings. The Morgan fingerprint density at radius 3 is 2.56 bits per heavy atom. The van der Waals surface area contributed by atoms with E-state index >= 15 is 0 Å². The zero-order valence-electron chi connectivity index (χ0n) is 11.4. The largest absolute Gasteiger partial charge is 0.373 e. The number of hydrogen-bond donors (Lipinski definition) is 2. The Hall–Kier alpha value is -0.970. The Labute approximate surface area is 113 Å². The second kappa shape index (κ2) is 5.78. The predicted octanol–water partition coefficient (Wildman–Crippen LogP) is 3.23. The van der Waals surface area contributed by atoms with Crippen molar-refractivity contribution in [3.63, 3.8) is 0 Å². The van der Waals surface area contributed by atoms with E-state index in [9.17, 15) is 0 Å². The van der Waals surface area contributed by atoms with Crippen LogP contribution in [0.2, 0.25) is 0 Å². The lowest BCUT2D eigenvalue weighted by Gasteiger charge is -2.41. The van der Waals surface area contributed by atoms with Crippen LogP contribution in [-0.2, 0) is 0 Å². The van der Waals surface area contributed by atoms with Crippen LogP contribution in [0.4, 0.5) is 11.6 Å². The van der Waals surface area contributed by atoms with Crippen molar-refractivity contribution in [2.45, 2.75) is 37.8 Å². The molecule has 0 atom stereocenters. The van der Waals surface area contributed by atoms with E-state index in [4.69, 9.17) is 0 Å². The molecule has 1 aromatic heterocycles. The number of anilines is 2. The molecular weight excluding hydrogens is 244 g/mol. The van der Waals surface area contributed by atoms with E-state index in [0.29, 0.717) is 5.41 Å². The lowest BCUT2D eigenvalue weighted by Crippen LogP contribution is -2.36. The summed E-state index contributed by atoms with van der Waals surface area (Å²) in [6, 6.07) is 1.97. The molecule has 1 saturated carbocycles. The van der Waals surface area contributed by atoms with Gasteiger partial charge < -0.3 is 10.6 Å². The van der Waals surface area contributed by atoms with Gasteiger partial charge in [0.25, 0.3) is 0 Å². The maximum Gasteiger partial charge on any atom is 0.191 e. The number of thioether (sulfide) groups is 1. The van der Waals surface area contributed by atoms with Gasteiger partial charge in [-0.25, -0.2) is 9.97 Å². The SMILES string of the molecule is CCC1(CNc2cc(NC)nc(SC)n2)CCC1. The topological polar surface area (TPSA) is 49.8 Å². The minimum Gasteiger partial charge on any atom is -0.373 e. The van der Waals surface area contributed by atoms with Gasteiger partial charge in [0.2, 0.25) is 0 Å². The molecule has 0 spiro atoms. The first-order valence-corrected chi connectivity index (χ1v) is 7.78. The van der Waals surface area contributed by atoms with Gasteiger partial charge in [-0.3, -0.25) is 0 Å². The highest BCUT2D eigenvalue weighted by Gasteiger charge is 2.34. The molecule has 0 aliphatic heterocycles. The van der Waals surface area contributed by atoms with Crippen molar-refractivity contribution in [1.82, 2.24) is 9.97 Å². The van der Waals surface area contributed by atoms with Crippen LogP contribution in [0.5, 0.6) is 0 Å². The number of rotatable bonds is 6. The Bertz CT molecular complexity index is 376. The number of nitrogens with one attached hydrogen (secondary N) is 2. The van der Waals surface area contributed by atoms with Crippen molar-refractivity contribution in [2.24, 2.45) is 5.41 Å². The number of nitrogens with zero attached hydrogens (tertiary/aromatic N) is 2. The molecule has 0 bridgehead atoms. The summed E-state index contributed by atoms with van der Waals surface area (Å²) >= 11 is 1.57. The van der Waals surface area contributed by atoms with Crippen molar-refractivity contribution >= 4 is 23.4 Å². The van der Waals surface area contributed by atoms with Crippen molar-refractivity contribution in [3.8, 4) is 0 Å². The maximum atomic E-state index is 4.50. The molecule has 1 aliphatic carbocycles. The van der Waals surface area contributed by atoms with Crippen LogP contribution in [0.1, 0.15) is 32.6 Å². The standard InChI is InChI=1S/C13H22N4S/c1-4-13(6-5-7-13)9-15-11-8-10(14-2)16-12(17-11)18-3/h8H,4-7,9H2,1-3H3,(H2,14,15,16,17). The van der Waals surface area contributed by atoms with Crippen LogP contribution >= 0.6 is 11.8 Å². The van der Waals surface area contributed by atoms with Gasteiger partial charge in [-0.15, -0.1) is 0 Å². The average Bonchev–Trinajstić information content (AvgIpc) is 2.37. The van der Waals surface area contributed by atoms with Crippen molar-refractivity contribution in [2.75, 3.05) is 30.5 Å². The van der Waals surface area contributed by atoms with Gasteiger partial charge >= 0.3 is 0 Å². The Balaban J connectivity index is 2.04. The lowest BCUT2D eigenvalue weighted by atomic mass is 9.67. The van der Waals surface area contributed by atoms with E-state index in [1.165, 1.54) is 25.7 Å². The monoisotopic (exact) mass is 266 g/mol. The molecule has 5 heteroatoms. The summed E-state index contributed by atoms with van der Waals surface area (Å²) in [5.74, 6) is 1.80. The smallest absolute Gasteiger partial charge is 0.191 e. The third-order valence-corrected chi connectivity index (χ3v) is 4.50. The third kappa shape index (κ3) is 2.88. The molecule has 100 valence electrons. The van der Waals surface area contributed by atoms with Gasteiger partial charge in [-0.1, -0.05) is 25.1 Å². The quantitative estimate of drug-likeness (QED) is 0.611. The maximum absolute atomic E-state index is 4.50. The highest BCUT2D eigenvalue weighted by molar-refractivity contribution is 7.98. The normalized spacial score (nSPS) is 17.1. The zero-order chi connectivity index (χ0) is 13.0. The highest BCUT2D eigenvalue weighted by Crippen LogP contribution is 2.43. The Morgan fingerprint density at radius 2 is 2.06 bits per heavy atom. The first-order chi connectivity index (χ1) is 8.71. The first-order valence-electron chi connectivity index (χ1n) is 6.56. The summed E-state index contributed by atoms with van der Waals surface area (Å²) in [5.41, 5.74) is 0.504. The number of hydrogen-bond acceptors (Lipinski definition) is 5. The predicted molar refractivity (Wildman–Crippen MR) is 78.4 cm³/mol. The van der Waals surface area contributed by atoms with Crippen LogP contribution in [0, 0.1) is 5.41 Å². The Kier molecular flexibility index (Phi) is 4.32. The van der Waals surface area contributed by atoms with Crippen LogP contribution in [0.15, 0.2) is 11.2 Å². The fourth-order valence-electron chi connectivity index (χ4n) is 2.35. The molecule has 0 radical (unpaired) electrons.